The van der Waals surface area contributed by atoms with Crippen molar-refractivity contribution >= 4 is 35.2 Å². The van der Waals surface area contributed by atoms with Gasteiger partial charge in [-0.1, -0.05) is 29.8 Å². The molecule has 1 amide bonds. The van der Waals surface area contributed by atoms with Crippen molar-refractivity contribution < 1.29 is 18.7 Å². The van der Waals surface area contributed by atoms with Gasteiger partial charge in [-0.25, -0.2) is 9.18 Å². The summed E-state index contributed by atoms with van der Waals surface area (Å²) in [7, 11) is 0. The maximum atomic E-state index is 12.8. The third kappa shape index (κ3) is 5.72. The lowest BCUT2D eigenvalue weighted by Crippen LogP contribution is -2.20. The third-order valence-electron chi connectivity index (χ3n) is 3.32. The van der Waals surface area contributed by atoms with Gasteiger partial charge in [-0.3, -0.25) is 4.79 Å². The zero-order chi connectivity index (χ0) is 18.4. The van der Waals surface area contributed by atoms with Crippen molar-refractivity contribution in [1.29, 1.82) is 0 Å². The highest BCUT2D eigenvalue weighted by Crippen LogP contribution is 2.27. The Morgan fingerprint density at radius 2 is 1.88 bits per heavy atom. The fourth-order valence-corrected chi connectivity index (χ4v) is 2.54. The molecule has 0 bridgehead atoms. The van der Waals surface area contributed by atoms with Crippen LogP contribution >= 0.6 is 11.6 Å². The minimum atomic E-state index is -0.675. The number of rotatable bonds is 5. The number of hydrogen-bond acceptors (Lipinski definition) is 3. The van der Waals surface area contributed by atoms with Crippen LogP contribution in [0.3, 0.4) is 0 Å². The Balaban J connectivity index is 1.87. The number of hydrogen-bond donors (Lipinski definition) is 1. The van der Waals surface area contributed by atoms with E-state index in [0.717, 1.165) is 11.1 Å². The third-order valence-corrected chi connectivity index (χ3v) is 3.62. The minimum absolute atomic E-state index is 0.360. The first-order valence-corrected chi connectivity index (χ1v) is 7.90. The summed E-state index contributed by atoms with van der Waals surface area (Å²) >= 11 is 6.11. The first kappa shape index (κ1) is 18.7. The summed E-state index contributed by atoms with van der Waals surface area (Å²) in [6.45, 7) is 3.29. The van der Waals surface area contributed by atoms with E-state index in [1.165, 1.54) is 36.4 Å². The van der Waals surface area contributed by atoms with Crippen LogP contribution in [-0.2, 0) is 14.3 Å². The number of anilines is 1. The Morgan fingerprint density at radius 3 is 2.52 bits per heavy atom. The van der Waals surface area contributed by atoms with E-state index in [1.54, 1.807) is 6.07 Å². The van der Waals surface area contributed by atoms with Crippen LogP contribution in [-0.4, -0.2) is 18.5 Å². The van der Waals surface area contributed by atoms with E-state index in [4.69, 9.17) is 16.3 Å². The van der Waals surface area contributed by atoms with Crippen molar-refractivity contribution in [2.24, 2.45) is 0 Å². The molecule has 0 saturated carbocycles. The van der Waals surface area contributed by atoms with Gasteiger partial charge in [0.2, 0.25) is 0 Å². The van der Waals surface area contributed by atoms with Crippen LogP contribution in [0.1, 0.15) is 16.7 Å². The number of halogens is 2. The molecule has 6 heteroatoms. The highest BCUT2D eigenvalue weighted by atomic mass is 35.5. The molecular formula is C19H17ClFNO3. The Labute approximate surface area is 150 Å². The maximum Gasteiger partial charge on any atom is 0.331 e. The van der Waals surface area contributed by atoms with Crippen LogP contribution < -0.4 is 5.32 Å². The molecule has 2 rings (SSSR count). The second-order valence-electron chi connectivity index (χ2n) is 5.48. The van der Waals surface area contributed by atoms with Crippen LogP contribution in [0.4, 0.5) is 10.1 Å². The van der Waals surface area contributed by atoms with E-state index in [1.807, 2.05) is 19.9 Å². The van der Waals surface area contributed by atoms with Gasteiger partial charge < -0.3 is 10.1 Å². The van der Waals surface area contributed by atoms with E-state index < -0.39 is 18.5 Å². The molecule has 0 heterocycles. The largest absolute Gasteiger partial charge is 0.452 e. The number of esters is 1. The van der Waals surface area contributed by atoms with Crippen LogP contribution in [0, 0.1) is 19.7 Å². The van der Waals surface area contributed by atoms with Gasteiger partial charge in [-0.05, 0) is 54.8 Å². The van der Waals surface area contributed by atoms with Crippen molar-refractivity contribution in [2.45, 2.75) is 13.8 Å². The van der Waals surface area contributed by atoms with Crippen molar-refractivity contribution in [1.82, 2.24) is 0 Å². The molecule has 0 aromatic heterocycles. The highest BCUT2D eigenvalue weighted by Gasteiger charge is 2.11. The smallest absolute Gasteiger partial charge is 0.331 e. The quantitative estimate of drug-likeness (QED) is 0.638. The van der Waals surface area contributed by atoms with E-state index in [-0.39, 0.29) is 5.82 Å². The number of amides is 1. The molecule has 0 aliphatic heterocycles. The molecule has 1 N–H and O–H groups in total. The number of aryl methyl sites for hydroxylation is 2. The molecule has 4 nitrogen and oxygen atoms in total. The van der Waals surface area contributed by atoms with Gasteiger partial charge in [-0.2, -0.15) is 0 Å². The minimum Gasteiger partial charge on any atom is -0.452 e. The summed E-state index contributed by atoms with van der Waals surface area (Å²) in [5.74, 6) is -1.52. The van der Waals surface area contributed by atoms with Gasteiger partial charge >= 0.3 is 5.97 Å². The molecule has 0 unspecified atom stereocenters. The molecule has 0 radical (unpaired) electrons. The SMILES string of the molecule is Cc1cc(C)c(NC(=O)COC(=O)/C=C/c2ccc(F)cc2)c(Cl)c1. The van der Waals surface area contributed by atoms with Gasteiger partial charge in [0.1, 0.15) is 5.82 Å². The average Bonchev–Trinajstić information content (AvgIpc) is 2.55. The van der Waals surface area contributed by atoms with Crippen molar-refractivity contribution in [3.05, 3.63) is 70.0 Å². The Morgan fingerprint density at radius 1 is 1.20 bits per heavy atom. The Bertz CT molecular complexity index is 793. The summed E-state index contributed by atoms with van der Waals surface area (Å²) in [5, 5.41) is 3.05. The fraction of sp³-hybridized carbons (Fsp3) is 0.158. The summed E-state index contributed by atoms with van der Waals surface area (Å²) in [6, 6.07) is 9.24. The maximum absolute atomic E-state index is 12.8. The highest BCUT2D eigenvalue weighted by molar-refractivity contribution is 6.34. The standard InChI is InChI=1S/C19H17ClFNO3/c1-12-9-13(2)19(16(20)10-12)22-17(23)11-25-18(24)8-5-14-3-6-15(21)7-4-14/h3-10H,11H2,1-2H3,(H,22,23)/b8-5+. The van der Waals surface area contributed by atoms with E-state index in [2.05, 4.69) is 5.32 Å². The number of ether oxygens (including phenoxy) is 1. The van der Waals surface area contributed by atoms with Crippen LogP contribution in [0.2, 0.25) is 5.02 Å². The molecule has 2 aromatic rings. The van der Waals surface area contributed by atoms with Crippen LogP contribution in [0.25, 0.3) is 6.08 Å². The summed E-state index contributed by atoms with van der Waals surface area (Å²) in [6.07, 6.45) is 2.64. The monoisotopic (exact) mass is 361 g/mol. The molecule has 25 heavy (non-hydrogen) atoms. The number of benzene rings is 2. The first-order valence-electron chi connectivity index (χ1n) is 7.52. The van der Waals surface area contributed by atoms with Gasteiger partial charge in [0.05, 0.1) is 10.7 Å². The van der Waals surface area contributed by atoms with Crippen LogP contribution in [0.15, 0.2) is 42.5 Å². The van der Waals surface area contributed by atoms with Crippen molar-refractivity contribution in [3.8, 4) is 0 Å². The van der Waals surface area contributed by atoms with Gasteiger partial charge in [0, 0.05) is 6.08 Å². The predicted molar refractivity (Wildman–Crippen MR) is 95.9 cm³/mol. The normalized spacial score (nSPS) is 10.7. The summed E-state index contributed by atoms with van der Waals surface area (Å²) in [4.78, 5) is 23.5. The van der Waals surface area contributed by atoms with Gasteiger partial charge in [0.15, 0.2) is 6.61 Å². The summed E-state index contributed by atoms with van der Waals surface area (Å²) < 4.78 is 17.7. The molecule has 0 fully saturated rings. The Hall–Kier alpha value is -2.66. The van der Waals surface area contributed by atoms with Gasteiger partial charge in [0.25, 0.3) is 5.91 Å². The average molecular weight is 362 g/mol. The zero-order valence-electron chi connectivity index (χ0n) is 13.8. The van der Waals surface area contributed by atoms with E-state index in [9.17, 15) is 14.0 Å². The topological polar surface area (TPSA) is 55.4 Å². The Kier molecular flexibility index (Phi) is 6.31. The molecule has 0 saturated heterocycles. The summed E-state index contributed by atoms with van der Waals surface area (Å²) in [5.41, 5.74) is 2.94. The predicted octanol–water partition coefficient (Wildman–Crippen LogP) is 4.29. The molecule has 0 atom stereocenters. The second kappa shape index (κ2) is 8.44. The van der Waals surface area contributed by atoms with Gasteiger partial charge in [-0.15, -0.1) is 0 Å². The molecule has 130 valence electrons. The van der Waals surface area contributed by atoms with Crippen molar-refractivity contribution in [3.63, 3.8) is 0 Å². The molecule has 0 spiro atoms. The molecule has 0 aliphatic carbocycles. The van der Waals surface area contributed by atoms with E-state index in [0.29, 0.717) is 16.3 Å². The second-order valence-corrected chi connectivity index (χ2v) is 5.89. The first-order chi connectivity index (χ1) is 11.8. The molecule has 0 aliphatic rings. The molecule has 2 aromatic carbocycles. The number of nitrogens with one attached hydrogen (secondary N) is 1. The number of carbonyl (C=O) groups is 2. The van der Waals surface area contributed by atoms with Crippen LogP contribution in [0.5, 0.6) is 0 Å². The van der Waals surface area contributed by atoms with Crippen molar-refractivity contribution in [2.75, 3.05) is 11.9 Å². The molecular weight excluding hydrogens is 345 g/mol. The lowest BCUT2D eigenvalue weighted by Gasteiger charge is -2.11. The number of carbonyl (C=O) groups excluding carboxylic acids is 2. The zero-order valence-corrected chi connectivity index (χ0v) is 14.6. The van der Waals surface area contributed by atoms with E-state index >= 15 is 0 Å². The fourth-order valence-electron chi connectivity index (χ4n) is 2.17. The lowest BCUT2D eigenvalue weighted by molar-refractivity contribution is -0.142. The lowest BCUT2D eigenvalue weighted by atomic mass is 10.1.